The van der Waals surface area contributed by atoms with Crippen LogP contribution in [0.2, 0.25) is 0 Å². The predicted octanol–water partition coefficient (Wildman–Crippen LogP) is 4.68. The number of aryl methyl sites for hydroxylation is 1. The van der Waals surface area contributed by atoms with E-state index in [0.29, 0.717) is 6.04 Å². The summed E-state index contributed by atoms with van der Waals surface area (Å²) in [6.45, 7) is 9.26. The summed E-state index contributed by atoms with van der Waals surface area (Å²) >= 11 is 2.03. The summed E-state index contributed by atoms with van der Waals surface area (Å²) in [6.07, 6.45) is 6.56. The third-order valence-corrected chi connectivity index (χ3v) is 5.36. The van der Waals surface area contributed by atoms with E-state index in [-0.39, 0.29) is 24.8 Å². The molecule has 1 aliphatic heterocycles. The Bertz CT molecular complexity index is 365. The van der Waals surface area contributed by atoms with Gasteiger partial charge < -0.3 is 5.32 Å². The summed E-state index contributed by atoms with van der Waals surface area (Å²) in [4.78, 5) is 5.82. The minimum Gasteiger partial charge on any atom is -0.314 e. The molecule has 1 aliphatic rings. The van der Waals surface area contributed by atoms with Gasteiger partial charge in [0.05, 0.1) is 0 Å². The summed E-state index contributed by atoms with van der Waals surface area (Å²) in [7, 11) is 0. The average molecular weight is 353 g/mol. The van der Waals surface area contributed by atoms with E-state index >= 15 is 0 Å². The molecule has 0 spiro atoms. The number of nitrogens with one attached hydrogen (secondary N) is 1. The lowest BCUT2D eigenvalue weighted by Gasteiger charge is -2.34. The van der Waals surface area contributed by atoms with Crippen molar-refractivity contribution in [1.29, 1.82) is 0 Å². The van der Waals surface area contributed by atoms with Crippen LogP contribution in [0.25, 0.3) is 0 Å². The van der Waals surface area contributed by atoms with Gasteiger partial charge in [-0.2, -0.15) is 0 Å². The maximum absolute atomic E-state index is 3.47. The summed E-state index contributed by atoms with van der Waals surface area (Å²) in [6, 6.07) is 5.37. The van der Waals surface area contributed by atoms with E-state index in [2.05, 4.69) is 36.2 Å². The molecule has 2 nitrogen and oxygen atoms in total. The van der Waals surface area contributed by atoms with Gasteiger partial charge in [0.2, 0.25) is 0 Å². The Kier molecular flexibility index (Phi) is 11.8. The molecule has 1 N–H and O–H groups in total. The highest BCUT2D eigenvalue weighted by Gasteiger charge is 2.22. The van der Waals surface area contributed by atoms with Gasteiger partial charge in [-0.05, 0) is 25.0 Å². The lowest BCUT2D eigenvalue weighted by molar-refractivity contribution is 0.165. The van der Waals surface area contributed by atoms with Crippen LogP contribution in [0.4, 0.5) is 0 Å². The van der Waals surface area contributed by atoms with Gasteiger partial charge in [0.15, 0.2) is 0 Å². The normalized spacial score (nSPS) is 16.9. The Balaban J connectivity index is 0.00000200. The molecule has 0 saturated carbocycles. The molecule has 5 heteroatoms. The highest BCUT2D eigenvalue weighted by Crippen LogP contribution is 2.32. The largest absolute Gasteiger partial charge is 0.314 e. The summed E-state index contributed by atoms with van der Waals surface area (Å²) < 4.78 is 0. The quantitative estimate of drug-likeness (QED) is 0.716. The fourth-order valence-electron chi connectivity index (χ4n) is 2.85. The summed E-state index contributed by atoms with van der Waals surface area (Å²) in [5.41, 5.74) is 0. The second-order valence-electron chi connectivity index (χ2n) is 5.46. The minimum atomic E-state index is 0. The molecule has 2 rings (SSSR count). The van der Waals surface area contributed by atoms with Crippen molar-refractivity contribution >= 4 is 36.2 Å². The monoisotopic (exact) mass is 352 g/mol. The average Bonchev–Trinajstić information content (AvgIpc) is 2.93. The van der Waals surface area contributed by atoms with Crippen LogP contribution in [-0.4, -0.2) is 31.1 Å². The van der Waals surface area contributed by atoms with Gasteiger partial charge in [-0.15, -0.1) is 36.2 Å². The Morgan fingerprint density at radius 1 is 1.14 bits per heavy atom. The number of halogens is 2. The number of hydrogen-bond donors (Lipinski definition) is 1. The standard InChI is InChI=1S/C16H28N2S.2ClH/c1-3-5-6-7-15(18-12-10-17-11-13-18)16-9-8-14(4-2)19-16;;/h8-9,15,17H,3-7,10-13H2,1-2H3;2*1H/t15-;;/m1../s1. The molecule has 2 heterocycles. The lowest BCUT2D eigenvalue weighted by Crippen LogP contribution is -2.45. The molecule has 0 radical (unpaired) electrons. The van der Waals surface area contributed by atoms with E-state index < -0.39 is 0 Å². The number of unbranched alkanes of at least 4 members (excludes halogenated alkanes) is 2. The van der Waals surface area contributed by atoms with Crippen LogP contribution in [0, 0.1) is 0 Å². The second-order valence-corrected chi connectivity index (χ2v) is 6.66. The number of hydrogen-bond acceptors (Lipinski definition) is 3. The molecular weight excluding hydrogens is 323 g/mol. The molecular formula is C16H30Cl2N2S. The maximum atomic E-state index is 3.47. The van der Waals surface area contributed by atoms with Crippen LogP contribution in [0.1, 0.15) is 55.3 Å². The zero-order valence-electron chi connectivity index (χ0n) is 13.3. The van der Waals surface area contributed by atoms with Crippen molar-refractivity contribution in [1.82, 2.24) is 10.2 Å². The third-order valence-electron chi connectivity index (χ3n) is 4.03. The van der Waals surface area contributed by atoms with Crippen LogP contribution in [-0.2, 0) is 6.42 Å². The smallest absolute Gasteiger partial charge is 0.0442 e. The summed E-state index contributed by atoms with van der Waals surface area (Å²) in [5.74, 6) is 0. The van der Waals surface area contributed by atoms with E-state index in [9.17, 15) is 0 Å². The van der Waals surface area contributed by atoms with Crippen LogP contribution in [0.15, 0.2) is 12.1 Å². The first kappa shape index (κ1) is 21.2. The van der Waals surface area contributed by atoms with Crippen molar-refractivity contribution in [3.05, 3.63) is 21.9 Å². The van der Waals surface area contributed by atoms with Gasteiger partial charge >= 0.3 is 0 Å². The zero-order valence-corrected chi connectivity index (χ0v) is 15.7. The molecule has 0 aliphatic carbocycles. The zero-order chi connectivity index (χ0) is 13.5. The maximum Gasteiger partial charge on any atom is 0.0442 e. The molecule has 124 valence electrons. The van der Waals surface area contributed by atoms with Gasteiger partial charge in [0, 0.05) is 42.0 Å². The highest BCUT2D eigenvalue weighted by atomic mass is 35.5. The predicted molar refractivity (Wildman–Crippen MR) is 99.5 cm³/mol. The Morgan fingerprint density at radius 2 is 1.86 bits per heavy atom. The molecule has 1 aromatic heterocycles. The number of nitrogens with zero attached hydrogens (tertiary/aromatic N) is 1. The minimum absolute atomic E-state index is 0. The Morgan fingerprint density at radius 3 is 2.43 bits per heavy atom. The van der Waals surface area contributed by atoms with Crippen molar-refractivity contribution in [2.75, 3.05) is 26.2 Å². The van der Waals surface area contributed by atoms with Crippen molar-refractivity contribution in [2.24, 2.45) is 0 Å². The van der Waals surface area contributed by atoms with Crippen LogP contribution in [0.3, 0.4) is 0 Å². The SMILES string of the molecule is CCCCC[C@H](c1ccc(CC)s1)N1CCNCC1.Cl.Cl. The van der Waals surface area contributed by atoms with Crippen molar-refractivity contribution in [3.8, 4) is 0 Å². The molecule has 21 heavy (non-hydrogen) atoms. The molecule has 1 aromatic rings. The van der Waals surface area contributed by atoms with Gasteiger partial charge in [0.1, 0.15) is 0 Å². The van der Waals surface area contributed by atoms with E-state index in [0.717, 1.165) is 13.1 Å². The first-order valence-electron chi connectivity index (χ1n) is 7.88. The van der Waals surface area contributed by atoms with E-state index in [1.54, 1.807) is 4.88 Å². The van der Waals surface area contributed by atoms with Gasteiger partial charge in [-0.1, -0.05) is 33.1 Å². The molecule has 0 aromatic carbocycles. The summed E-state index contributed by atoms with van der Waals surface area (Å²) in [5, 5.41) is 3.47. The highest BCUT2D eigenvalue weighted by molar-refractivity contribution is 7.12. The molecule has 0 unspecified atom stereocenters. The van der Waals surface area contributed by atoms with Gasteiger partial charge in [-0.25, -0.2) is 0 Å². The molecule has 1 saturated heterocycles. The second kappa shape index (κ2) is 11.7. The number of piperazine rings is 1. The van der Waals surface area contributed by atoms with Gasteiger partial charge in [0.25, 0.3) is 0 Å². The van der Waals surface area contributed by atoms with Crippen molar-refractivity contribution in [2.45, 2.75) is 52.0 Å². The van der Waals surface area contributed by atoms with E-state index in [1.807, 2.05) is 11.3 Å². The first-order chi connectivity index (χ1) is 9.35. The Hall–Kier alpha value is 0.200. The van der Waals surface area contributed by atoms with Crippen LogP contribution < -0.4 is 5.32 Å². The fourth-order valence-corrected chi connectivity index (χ4v) is 3.97. The molecule has 1 fully saturated rings. The van der Waals surface area contributed by atoms with E-state index in [1.165, 1.54) is 50.1 Å². The number of rotatable bonds is 7. The fraction of sp³-hybridized carbons (Fsp3) is 0.750. The van der Waals surface area contributed by atoms with Crippen LogP contribution >= 0.6 is 36.2 Å². The van der Waals surface area contributed by atoms with Crippen molar-refractivity contribution < 1.29 is 0 Å². The number of thiophene rings is 1. The molecule has 0 bridgehead atoms. The van der Waals surface area contributed by atoms with Crippen molar-refractivity contribution in [3.63, 3.8) is 0 Å². The molecule has 0 amide bonds. The lowest BCUT2D eigenvalue weighted by atomic mass is 10.0. The topological polar surface area (TPSA) is 15.3 Å². The van der Waals surface area contributed by atoms with Gasteiger partial charge in [-0.3, -0.25) is 4.90 Å². The van der Waals surface area contributed by atoms with Crippen LogP contribution in [0.5, 0.6) is 0 Å². The van der Waals surface area contributed by atoms with E-state index in [4.69, 9.17) is 0 Å². The third kappa shape index (κ3) is 6.45. The Labute approximate surface area is 146 Å². The first-order valence-corrected chi connectivity index (χ1v) is 8.70. The molecule has 1 atom stereocenters.